The molecule has 104 valence electrons. The standard InChI is InChI=1S/C19H22O/c1-14(2)17-11-9-16(10-12-17)13-15(3)19(20)18-7-5-4-6-8-18/h4-12,14-15H,13H2,1-3H3. The summed E-state index contributed by atoms with van der Waals surface area (Å²) in [4.78, 5) is 12.3. The molecule has 20 heavy (non-hydrogen) atoms. The number of ketones is 1. The second-order valence-electron chi connectivity index (χ2n) is 5.73. The second-order valence-corrected chi connectivity index (χ2v) is 5.73. The summed E-state index contributed by atoms with van der Waals surface area (Å²) in [5.41, 5.74) is 3.38. The van der Waals surface area contributed by atoms with E-state index >= 15 is 0 Å². The van der Waals surface area contributed by atoms with Crippen molar-refractivity contribution in [3.05, 3.63) is 71.3 Å². The van der Waals surface area contributed by atoms with Gasteiger partial charge in [0.15, 0.2) is 5.78 Å². The van der Waals surface area contributed by atoms with Crippen molar-refractivity contribution in [3.63, 3.8) is 0 Å². The quantitative estimate of drug-likeness (QED) is 0.705. The molecule has 1 nitrogen and oxygen atoms in total. The van der Waals surface area contributed by atoms with Crippen LogP contribution in [-0.2, 0) is 6.42 Å². The van der Waals surface area contributed by atoms with Crippen LogP contribution in [0.3, 0.4) is 0 Å². The summed E-state index contributed by atoms with van der Waals surface area (Å²) in [5, 5.41) is 0. The Bertz CT molecular complexity index is 552. The highest BCUT2D eigenvalue weighted by Gasteiger charge is 2.15. The maximum Gasteiger partial charge on any atom is 0.165 e. The Morgan fingerprint density at radius 3 is 2.05 bits per heavy atom. The Hall–Kier alpha value is -1.89. The van der Waals surface area contributed by atoms with Crippen LogP contribution in [0, 0.1) is 5.92 Å². The van der Waals surface area contributed by atoms with E-state index < -0.39 is 0 Å². The second kappa shape index (κ2) is 6.51. The van der Waals surface area contributed by atoms with E-state index in [1.165, 1.54) is 11.1 Å². The van der Waals surface area contributed by atoms with Crippen molar-refractivity contribution in [1.82, 2.24) is 0 Å². The zero-order valence-corrected chi connectivity index (χ0v) is 12.5. The van der Waals surface area contributed by atoms with Gasteiger partial charge >= 0.3 is 0 Å². The molecule has 0 aromatic heterocycles. The van der Waals surface area contributed by atoms with Gasteiger partial charge in [-0.1, -0.05) is 75.4 Å². The molecule has 0 amide bonds. The predicted octanol–water partition coefficient (Wildman–Crippen LogP) is 4.87. The van der Waals surface area contributed by atoms with Crippen LogP contribution in [0.4, 0.5) is 0 Å². The van der Waals surface area contributed by atoms with Gasteiger partial charge in [-0.15, -0.1) is 0 Å². The van der Waals surface area contributed by atoms with Gasteiger partial charge in [0.1, 0.15) is 0 Å². The number of rotatable bonds is 5. The van der Waals surface area contributed by atoms with Crippen LogP contribution in [0.25, 0.3) is 0 Å². The Balaban J connectivity index is 2.04. The van der Waals surface area contributed by atoms with Gasteiger partial charge in [0, 0.05) is 11.5 Å². The van der Waals surface area contributed by atoms with E-state index in [4.69, 9.17) is 0 Å². The maximum absolute atomic E-state index is 12.3. The SMILES string of the molecule is CC(Cc1ccc(C(C)C)cc1)C(=O)c1ccccc1. The number of Topliss-reactive ketones (excluding diaryl/α,β-unsaturated/α-hetero) is 1. The van der Waals surface area contributed by atoms with Crippen LogP contribution >= 0.6 is 0 Å². The van der Waals surface area contributed by atoms with Crippen molar-refractivity contribution in [2.75, 3.05) is 0 Å². The first-order valence-corrected chi connectivity index (χ1v) is 7.26. The predicted molar refractivity (Wildman–Crippen MR) is 84.2 cm³/mol. The molecule has 0 aliphatic heterocycles. The molecule has 0 radical (unpaired) electrons. The van der Waals surface area contributed by atoms with Crippen LogP contribution < -0.4 is 0 Å². The van der Waals surface area contributed by atoms with Crippen LogP contribution in [0.2, 0.25) is 0 Å². The highest BCUT2D eigenvalue weighted by molar-refractivity contribution is 5.97. The highest BCUT2D eigenvalue weighted by Crippen LogP contribution is 2.18. The minimum absolute atomic E-state index is 0.0160. The van der Waals surface area contributed by atoms with E-state index in [-0.39, 0.29) is 11.7 Å². The van der Waals surface area contributed by atoms with Crippen LogP contribution in [-0.4, -0.2) is 5.78 Å². The van der Waals surface area contributed by atoms with Crippen LogP contribution in [0.1, 0.15) is 48.2 Å². The van der Waals surface area contributed by atoms with Crippen molar-refractivity contribution in [2.24, 2.45) is 5.92 Å². The van der Waals surface area contributed by atoms with E-state index in [0.29, 0.717) is 5.92 Å². The molecule has 0 bridgehead atoms. The lowest BCUT2D eigenvalue weighted by Crippen LogP contribution is -2.13. The smallest absolute Gasteiger partial charge is 0.165 e. The van der Waals surface area contributed by atoms with E-state index in [9.17, 15) is 4.79 Å². The summed E-state index contributed by atoms with van der Waals surface area (Å²) in [6, 6.07) is 18.2. The number of hydrogen-bond donors (Lipinski definition) is 0. The number of hydrogen-bond acceptors (Lipinski definition) is 1. The van der Waals surface area contributed by atoms with Crippen LogP contribution in [0.15, 0.2) is 54.6 Å². The fourth-order valence-corrected chi connectivity index (χ4v) is 2.37. The summed E-state index contributed by atoms with van der Waals surface area (Å²) in [7, 11) is 0. The molecule has 0 heterocycles. The van der Waals surface area contributed by atoms with Gasteiger partial charge in [-0.2, -0.15) is 0 Å². The van der Waals surface area contributed by atoms with Gasteiger partial charge < -0.3 is 0 Å². The van der Waals surface area contributed by atoms with E-state index in [1.807, 2.05) is 37.3 Å². The van der Waals surface area contributed by atoms with Crippen molar-refractivity contribution < 1.29 is 4.79 Å². The lowest BCUT2D eigenvalue weighted by molar-refractivity contribution is 0.0929. The van der Waals surface area contributed by atoms with Gasteiger partial charge in [0.05, 0.1) is 0 Å². The van der Waals surface area contributed by atoms with Gasteiger partial charge in [-0.3, -0.25) is 4.79 Å². The fourth-order valence-electron chi connectivity index (χ4n) is 2.37. The Morgan fingerprint density at radius 1 is 0.900 bits per heavy atom. The lowest BCUT2D eigenvalue weighted by atomic mass is 9.92. The number of carbonyl (C=O) groups is 1. The van der Waals surface area contributed by atoms with Crippen molar-refractivity contribution in [1.29, 1.82) is 0 Å². The molecule has 0 aliphatic carbocycles. The minimum atomic E-state index is 0.0160. The van der Waals surface area contributed by atoms with Gasteiger partial charge in [0.25, 0.3) is 0 Å². The minimum Gasteiger partial charge on any atom is -0.294 e. The largest absolute Gasteiger partial charge is 0.294 e. The summed E-state index contributed by atoms with van der Waals surface area (Å²) in [6.07, 6.45) is 0.798. The molecule has 0 N–H and O–H groups in total. The monoisotopic (exact) mass is 266 g/mol. The first-order valence-electron chi connectivity index (χ1n) is 7.26. The zero-order chi connectivity index (χ0) is 14.5. The first-order chi connectivity index (χ1) is 9.58. The van der Waals surface area contributed by atoms with E-state index in [2.05, 4.69) is 38.1 Å². The Kier molecular flexibility index (Phi) is 4.73. The molecule has 0 saturated carbocycles. The molecular formula is C19H22O. The average molecular weight is 266 g/mol. The summed E-state index contributed by atoms with van der Waals surface area (Å²) < 4.78 is 0. The average Bonchev–Trinajstić information content (AvgIpc) is 2.48. The molecule has 0 aliphatic rings. The Labute approximate surface area is 121 Å². The molecule has 0 fully saturated rings. The van der Waals surface area contributed by atoms with E-state index in [0.717, 1.165) is 12.0 Å². The van der Waals surface area contributed by atoms with Crippen molar-refractivity contribution in [3.8, 4) is 0 Å². The van der Waals surface area contributed by atoms with Crippen molar-refractivity contribution in [2.45, 2.75) is 33.1 Å². The molecule has 1 atom stereocenters. The lowest BCUT2D eigenvalue weighted by Gasteiger charge is -2.12. The third-order valence-electron chi connectivity index (χ3n) is 3.69. The summed E-state index contributed by atoms with van der Waals surface area (Å²) in [6.45, 7) is 6.39. The summed E-state index contributed by atoms with van der Waals surface area (Å²) in [5.74, 6) is 0.785. The third kappa shape index (κ3) is 3.57. The molecule has 1 heteroatoms. The number of benzene rings is 2. The molecule has 2 aromatic carbocycles. The summed E-state index contributed by atoms with van der Waals surface area (Å²) >= 11 is 0. The normalized spacial score (nSPS) is 12.4. The maximum atomic E-state index is 12.3. The molecular weight excluding hydrogens is 244 g/mol. The van der Waals surface area contributed by atoms with Crippen molar-refractivity contribution >= 4 is 5.78 Å². The third-order valence-corrected chi connectivity index (χ3v) is 3.69. The van der Waals surface area contributed by atoms with E-state index in [1.54, 1.807) is 0 Å². The number of carbonyl (C=O) groups excluding carboxylic acids is 1. The first kappa shape index (κ1) is 14.5. The van der Waals surface area contributed by atoms with Gasteiger partial charge in [-0.25, -0.2) is 0 Å². The molecule has 0 spiro atoms. The van der Waals surface area contributed by atoms with Gasteiger partial charge in [-0.05, 0) is 23.5 Å². The molecule has 2 rings (SSSR count). The fraction of sp³-hybridized carbons (Fsp3) is 0.316. The van der Waals surface area contributed by atoms with Gasteiger partial charge in [0.2, 0.25) is 0 Å². The molecule has 1 unspecified atom stereocenters. The Morgan fingerprint density at radius 2 is 1.50 bits per heavy atom. The molecule has 0 saturated heterocycles. The highest BCUT2D eigenvalue weighted by atomic mass is 16.1. The zero-order valence-electron chi connectivity index (χ0n) is 12.5. The molecule has 2 aromatic rings. The topological polar surface area (TPSA) is 17.1 Å². The van der Waals surface area contributed by atoms with Crippen LogP contribution in [0.5, 0.6) is 0 Å².